The number of hydrogen-bond donors (Lipinski definition) is 0. The second-order valence-electron chi connectivity index (χ2n) is 8.19. The molecule has 5 aromatic rings. The van der Waals surface area contributed by atoms with E-state index in [1.165, 1.54) is 5.56 Å². The Balaban J connectivity index is 1.42. The Kier molecular flexibility index (Phi) is 6.45. The average molecular weight is 464 g/mol. The molecule has 2 heterocycles. The Morgan fingerprint density at radius 2 is 1.59 bits per heavy atom. The zero-order valence-electron chi connectivity index (χ0n) is 19.0. The fourth-order valence-corrected chi connectivity index (χ4v) is 4.97. The van der Waals surface area contributed by atoms with E-state index in [1.807, 2.05) is 54.6 Å². The van der Waals surface area contributed by atoms with Crippen molar-refractivity contribution in [3.05, 3.63) is 114 Å². The molecular weight excluding hydrogens is 438 g/mol. The van der Waals surface area contributed by atoms with Crippen molar-refractivity contribution >= 4 is 32.6 Å². The number of amides is 1. The molecule has 0 atom stereocenters. The van der Waals surface area contributed by atoms with E-state index < -0.39 is 0 Å². The van der Waals surface area contributed by atoms with Crippen LogP contribution in [0.25, 0.3) is 21.3 Å². The zero-order valence-corrected chi connectivity index (χ0v) is 19.8. The minimum Gasteiger partial charge on any atom is -0.282 e. The number of pyridine rings is 1. The summed E-state index contributed by atoms with van der Waals surface area (Å²) in [5.74, 6) is 0.00730. The van der Waals surface area contributed by atoms with Crippen molar-refractivity contribution in [1.82, 2.24) is 9.97 Å². The number of benzene rings is 3. The highest BCUT2D eigenvalue weighted by molar-refractivity contribution is 7.22. The van der Waals surface area contributed by atoms with Crippen molar-refractivity contribution in [3.8, 4) is 11.1 Å². The maximum Gasteiger partial charge on any atom is 0.233 e. The Morgan fingerprint density at radius 3 is 2.32 bits per heavy atom. The third-order valence-corrected chi connectivity index (χ3v) is 6.89. The molecular formula is C29H25N3OS. The van der Waals surface area contributed by atoms with Gasteiger partial charge in [0.1, 0.15) is 0 Å². The number of aromatic nitrogens is 2. The first-order chi connectivity index (χ1) is 16.7. The van der Waals surface area contributed by atoms with Gasteiger partial charge >= 0.3 is 0 Å². The standard InChI is InChI=1S/C29H25N3OS/c1-2-21-13-16-26-27(18-21)34-29(31-26)32(20-25-10-6-7-17-30-25)28(33)19-22-11-14-24(15-12-22)23-8-4-3-5-9-23/h3-18H,2,19-20H2,1H3. The molecule has 0 N–H and O–H groups in total. The van der Waals surface area contributed by atoms with Gasteiger partial charge in [0.25, 0.3) is 0 Å². The third kappa shape index (κ3) is 4.90. The van der Waals surface area contributed by atoms with E-state index in [0.29, 0.717) is 18.1 Å². The number of thiazole rings is 1. The van der Waals surface area contributed by atoms with Gasteiger partial charge < -0.3 is 0 Å². The fourth-order valence-electron chi connectivity index (χ4n) is 3.92. The van der Waals surface area contributed by atoms with E-state index in [-0.39, 0.29) is 5.91 Å². The summed E-state index contributed by atoms with van der Waals surface area (Å²) in [6.07, 6.45) is 3.03. The Bertz CT molecular complexity index is 1400. The maximum absolute atomic E-state index is 13.5. The molecule has 0 saturated heterocycles. The van der Waals surface area contributed by atoms with Crippen molar-refractivity contribution in [3.63, 3.8) is 0 Å². The molecule has 34 heavy (non-hydrogen) atoms. The van der Waals surface area contributed by atoms with Crippen LogP contribution in [-0.2, 0) is 24.2 Å². The number of nitrogens with zero attached hydrogens (tertiary/aromatic N) is 3. The van der Waals surface area contributed by atoms with E-state index in [2.05, 4.69) is 48.3 Å². The highest BCUT2D eigenvalue weighted by Crippen LogP contribution is 2.31. The second kappa shape index (κ2) is 9.98. The molecule has 2 aromatic heterocycles. The molecule has 0 aliphatic rings. The summed E-state index contributed by atoms with van der Waals surface area (Å²) in [5, 5.41) is 0.708. The molecule has 0 spiro atoms. The van der Waals surface area contributed by atoms with Gasteiger partial charge in [0.05, 0.1) is 28.9 Å². The Hall–Kier alpha value is -3.83. The van der Waals surface area contributed by atoms with Crippen molar-refractivity contribution in [2.45, 2.75) is 26.3 Å². The van der Waals surface area contributed by atoms with Gasteiger partial charge in [-0.1, -0.05) is 85.0 Å². The molecule has 0 unspecified atom stereocenters. The molecule has 0 aliphatic carbocycles. The second-order valence-corrected chi connectivity index (χ2v) is 9.20. The van der Waals surface area contributed by atoms with Crippen molar-refractivity contribution in [1.29, 1.82) is 0 Å². The molecule has 168 valence electrons. The van der Waals surface area contributed by atoms with Gasteiger partial charge in [-0.25, -0.2) is 4.98 Å². The van der Waals surface area contributed by atoms with Crippen LogP contribution in [0.3, 0.4) is 0 Å². The monoisotopic (exact) mass is 463 g/mol. The maximum atomic E-state index is 13.5. The van der Waals surface area contributed by atoms with Crippen LogP contribution in [-0.4, -0.2) is 15.9 Å². The van der Waals surface area contributed by atoms with Crippen LogP contribution >= 0.6 is 11.3 Å². The smallest absolute Gasteiger partial charge is 0.233 e. The summed E-state index contributed by atoms with van der Waals surface area (Å²) in [6, 6.07) is 30.5. The largest absolute Gasteiger partial charge is 0.282 e. The minimum atomic E-state index is 0.00730. The number of aryl methyl sites for hydroxylation is 1. The summed E-state index contributed by atoms with van der Waals surface area (Å²) in [6.45, 7) is 2.53. The van der Waals surface area contributed by atoms with Crippen LogP contribution in [0.2, 0.25) is 0 Å². The van der Waals surface area contributed by atoms with Gasteiger partial charge in [-0.05, 0) is 52.9 Å². The Morgan fingerprint density at radius 1 is 0.853 bits per heavy atom. The van der Waals surface area contributed by atoms with E-state index in [0.717, 1.165) is 39.0 Å². The normalized spacial score (nSPS) is 11.0. The van der Waals surface area contributed by atoms with Gasteiger partial charge in [-0.15, -0.1) is 0 Å². The predicted molar refractivity (Wildman–Crippen MR) is 140 cm³/mol. The molecule has 0 bridgehead atoms. The summed E-state index contributed by atoms with van der Waals surface area (Å²) in [7, 11) is 0. The SMILES string of the molecule is CCc1ccc2nc(N(Cc3ccccn3)C(=O)Cc3ccc(-c4ccccc4)cc3)sc2c1. The predicted octanol–water partition coefficient (Wildman–Crippen LogP) is 6.70. The number of anilines is 1. The lowest BCUT2D eigenvalue weighted by molar-refractivity contribution is -0.118. The zero-order chi connectivity index (χ0) is 23.3. The van der Waals surface area contributed by atoms with Crippen LogP contribution in [0.5, 0.6) is 0 Å². The van der Waals surface area contributed by atoms with Crippen LogP contribution in [0, 0.1) is 0 Å². The van der Waals surface area contributed by atoms with Crippen molar-refractivity contribution < 1.29 is 4.79 Å². The lowest BCUT2D eigenvalue weighted by Gasteiger charge is -2.19. The van der Waals surface area contributed by atoms with E-state index in [9.17, 15) is 4.79 Å². The number of carbonyl (C=O) groups excluding carboxylic acids is 1. The van der Waals surface area contributed by atoms with E-state index in [4.69, 9.17) is 4.98 Å². The molecule has 0 fully saturated rings. The molecule has 4 nitrogen and oxygen atoms in total. The number of rotatable bonds is 7. The first kappa shape index (κ1) is 22.0. The first-order valence-corrected chi connectivity index (χ1v) is 12.3. The number of fused-ring (bicyclic) bond motifs is 1. The van der Waals surface area contributed by atoms with E-state index in [1.54, 1.807) is 22.4 Å². The van der Waals surface area contributed by atoms with Gasteiger partial charge in [-0.2, -0.15) is 0 Å². The molecule has 0 radical (unpaired) electrons. The van der Waals surface area contributed by atoms with Crippen molar-refractivity contribution in [2.24, 2.45) is 0 Å². The van der Waals surface area contributed by atoms with Gasteiger partial charge in [0.15, 0.2) is 5.13 Å². The summed E-state index contributed by atoms with van der Waals surface area (Å²) in [5.41, 5.74) is 6.30. The molecule has 0 aliphatic heterocycles. The molecule has 5 heteroatoms. The molecule has 5 rings (SSSR count). The average Bonchev–Trinajstić information content (AvgIpc) is 3.31. The lowest BCUT2D eigenvalue weighted by atomic mass is 10.0. The topological polar surface area (TPSA) is 46.1 Å². The summed E-state index contributed by atoms with van der Waals surface area (Å²) < 4.78 is 1.10. The van der Waals surface area contributed by atoms with Crippen LogP contribution in [0.1, 0.15) is 23.7 Å². The van der Waals surface area contributed by atoms with Crippen LogP contribution in [0.15, 0.2) is 97.2 Å². The fraction of sp³-hybridized carbons (Fsp3) is 0.138. The lowest BCUT2D eigenvalue weighted by Crippen LogP contribution is -2.32. The third-order valence-electron chi connectivity index (χ3n) is 5.84. The van der Waals surface area contributed by atoms with Crippen molar-refractivity contribution in [2.75, 3.05) is 4.90 Å². The molecule has 1 amide bonds. The Labute approximate surface area is 203 Å². The van der Waals surface area contributed by atoms with Crippen LogP contribution in [0.4, 0.5) is 5.13 Å². The minimum absolute atomic E-state index is 0.00730. The van der Waals surface area contributed by atoms with Crippen LogP contribution < -0.4 is 4.90 Å². The van der Waals surface area contributed by atoms with Gasteiger partial charge in [0.2, 0.25) is 5.91 Å². The summed E-state index contributed by atoms with van der Waals surface area (Å²) in [4.78, 5) is 24.5. The molecule has 3 aromatic carbocycles. The quantitative estimate of drug-likeness (QED) is 0.270. The highest BCUT2D eigenvalue weighted by Gasteiger charge is 2.21. The number of carbonyl (C=O) groups is 1. The van der Waals surface area contributed by atoms with Gasteiger partial charge in [0, 0.05) is 6.20 Å². The number of hydrogen-bond acceptors (Lipinski definition) is 4. The highest BCUT2D eigenvalue weighted by atomic mass is 32.1. The molecule has 0 saturated carbocycles. The summed E-state index contributed by atoms with van der Waals surface area (Å²) >= 11 is 1.56. The van der Waals surface area contributed by atoms with Gasteiger partial charge in [-0.3, -0.25) is 14.7 Å². The first-order valence-electron chi connectivity index (χ1n) is 11.4. The van der Waals surface area contributed by atoms with E-state index >= 15 is 0 Å².